The molecule has 1 N–H and O–H groups in total. The molecule has 6 nitrogen and oxygen atoms in total. The van der Waals surface area contributed by atoms with Crippen molar-refractivity contribution in [1.82, 2.24) is 4.90 Å². The summed E-state index contributed by atoms with van der Waals surface area (Å²) in [6.07, 6.45) is -0.103. The predicted octanol–water partition coefficient (Wildman–Crippen LogP) is 1.39. The zero-order valence-electron chi connectivity index (χ0n) is 11.5. The molecular formula is C14H17NO5. The maximum atomic E-state index is 12.3. The molecule has 0 bridgehead atoms. The van der Waals surface area contributed by atoms with E-state index in [9.17, 15) is 9.59 Å². The zero-order valence-corrected chi connectivity index (χ0v) is 11.5. The van der Waals surface area contributed by atoms with E-state index in [2.05, 4.69) is 0 Å². The van der Waals surface area contributed by atoms with Crippen molar-refractivity contribution in [3.8, 4) is 11.5 Å². The van der Waals surface area contributed by atoms with Crippen LogP contribution in [0.1, 0.15) is 23.7 Å². The highest BCUT2D eigenvalue weighted by Crippen LogP contribution is 2.34. The summed E-state index contributed by atoms with van der Waals surface area (Å²) < 4.78 is 11.1. The average Bonchev–Trinajstić information content (AvgIpc) is 2.52. The molecule has 1 aromatic rings. The first-order chi connectivity index (χ1) is 9.50. The van der Waals surface area contributed by atoms with Gasteiger partial charge in [-0.25, -0.2) is 0 Å². The molecule has 2 rings (SSSR count). The van der Waals surface area contributed by atoms with E-state index in [1.54, 1.807) is 30.1 Å². The van der Waals surface area contributed by atoms with Crippen LogP contribution in [0, 0.1) is 0 Å². The number of hydrogen-bond donors (Lipinski definition) is 1. The van der Waals surface area contributed by atoms with Crippen LogP contribution < -0.4 is 9.47 Å². The number of para-hydroxylation sites is 1. The van der Waals surface area contributed by atoms with E-state index in [-0.39, 0.29) is 25.0 Å². The number of benzene rings is 1. The standard InChI is InChI=1S/C14H17NO5/c1-9-8-20-13-10(14(18)15(9)2)4-3-5-11(13)19-7-6-12(16)17/h3-5,9H,6-8H2,1-2H3,(H,16,17). The second kappa shape index (κ2) is 5.81. The fraction of sp³-hybridized carbons (Fsp3) is 0.429. The molecule has 0 saturated heterocycles. The quantitative estimate of drug-likeness (QED) is 0.901. The van der Waals surface area contributed by atoms with Crippen LogP contribution in [-0.4, -0.2) is 48.2 Å². The summed E-state index contributed by atoms with van der Waals surface area (Å²) in [7, 11) is 1.73. The molecule has 108 valence electrons. The summed E-state index contributed by atoms with van der Waals surface area (Å²) in [6.45, 7) is 2.30. The lowest BCUT2D eigenvalue weighted by Crippen LogP contribution is -2.36. The van der Waals surface area contributed by atoms with Gasteiger partial charge in [-0.05, 0) is 19.1 Å². The molecule has 1 amide bonds. The number of carboxylic acids is 1. The largest absolute Gasteiger partial charge is 0.489 e. The highest BCUT2D eigenvalue weighted by Gasteiger charge is 2.27. The first kappa shape index (κ1) is 14.2. The van der Waals surface area contributed by atoms with Gasteiger partial charge in [0.15, 0.2) is 11.5 Å². The third kappa shape index (κ3) is 2.84. The number of likely N-dealkylation sites (N-methyl/N-ethyl adjacent to an activating group) is 1. The second-order valence-corrected chi connectivity index (χ2v) is 4.70. The van der Waals surface area contributed by atoms with Crippen LogP contribution in [0.5, 0.6) is 11.5 Å². The fourth-order valence-electron chi connectivity index (χ4n) is 1.90. The Balaban J connectivity index is 2.25. The number of ether oxygens (including phenoxy) is 2. The van der Waals surface area contributed by atoms with Crippen LogP contribution in [0.15, 0.2) is 18.2 Å². The smallest absolute Gasteiger partial charge is 0.306 e. The van der Waals surface area contributed by atoms with E-state index >= 15 is 0 Å². The summed E-state index contributed by atoms with van der Waals surface area (Å²) in [5, 5.41) is 8.61. The average molecular weight is 279 g/mol. The minimum absolute atomic E-state index is 0.0364. The molecule has 1 heterocycles. The lowest BCUT2D eigenvalue weighted by Gasteiger charge is -2.20. The predicted molar refractivity (Wildman–Crippen MR) is 71.2 cm³/mol. The molecule has 0 saturated carbocycles. The van der Waals surface area contributed by atoms with Gasteiger partial charge in [0.25, 0.3) is 5.91 Å². The number of nitrogens with zero attached hydrogens (tertiary/aromatic N) is 1. The van der Waals surface area contributed by atoms with Gasteiger partial charge in [-0.2, -0.15) is 0 Å². The molecule has 6 heteroatoms. The molecule has 1 aliphatic heterocycles. The van der Waals surface area contributed by atoms with E-state index in [0.717, 1.165) is 0 Å². The lowest BCUT2D eigenvalue weighted by atomic mass is 10.1. The van der Waals surface area contributed by atoms with E-state index in [1.165, 1.54) is 0 Å². The van der Waals surface area contributed by atoms with Crippen LogP contribution in [0.25, 0.3) is 0 Å². The molecule has 1 aliphatic rings. The number of hydrogen-bond acceptors (Lipinski definition) is 4. The van der Waals surface area contributed by atoms with Crippen molar-refractivity contribution in [3.05, 3.63) is 23.8 Å². The highest BCUT2D eigenvalue weighted by molar-refractivity contribution is 5.98. The molecule has 20 heavy (non-hydrogen) atoms. The molecular weight excluding hydrogens is 262 g/mol. The van der Waals surface area contributed by atoms with Crippen molar-refractivity contribution >= 4 is 11.9 Å². The van der Waals surface area contributed by atoms with Crippen LogP contribution in [0.2, 0.25) is 0 Å². The van der Waals surface area contributed by atoms with Gasteiger partial charge in [-0.15, -0.1) is 0 Å². The lowest BCUT2D eigenvalue weighted by molar-refractivity contribution is -0.137. The Bertz CT molecular complexity index is 528. The summed E-state index contributed by atoms with van der Waals surface area (Å²) in [4.78, 5) is 24.4. The maximum absolute atomic E-state index is 12.3. The summed E-state index contributed by atoms with van der Waals surface area (Å²) in [6, 6.07) is 5.00. The van der Waals surface area contributed by atoms with E-state index in [1.807, 2.05) is 6.92 Å². The molecule has 1 aromatic carbocycles. The van der Waals surface area contributed by atoms with Gasteiger partial charge in [-0.1, -0.05) is 6.07 Å². The number of carbonyl (C=O) groups excluding carboxylic acids is 1. The first-order valence-corrected chi connectivity index (χ1v) is 6.38. The summed E-state index contributed by atoms with van der Waals surface area (Å²) >= 11 is 0. The summed E-state index contributed by atoms with van der Waals surface area (Å²) in [5.41, 5.74) is 0.435. The summed E-state index contributed by atoms with van der Waals surface area (Å²) in [5.74, 6) is -0.273. The van der Waals surface area contributed by atoms with E-state index in [0.29, 0.717) is 23.7 Å². The third-order valence-corrected chi connectivity index (χ3v) is 3.23. The van der Waals surface area contributed by atoms with Gasteiger partial charge in [0.2, 0.25) is 0 Å². The Labute approximate surface area is 116 Å². The van der Waals surface area contributed by atoms with Crippen LogP contribution in [0.3, 0.4) is 0 Å². The number of carboxylic acid groups (broad SMARTS) is 1. The molecule has 0 aromatic heterocycles. The number of rotatable bonds is 4. The van der Waals surface area contributed by atoms with Crippen molar-refractivity contribution in [3.63, 3.8) is 0 Å². The molecule has 0 radical (unpaired) electrons. The molecule has 0 spiro atoms. The van der Waals surface area contributed by atoms with Gasteiger partial charge in [0.1, 0.15) is 6.61 Å². The monoisotopic (exact) mass is 279 g/mol. The molecule has 1 atom stereocenters. The zero-order chi connectivity index (χ0) is 14.7. The topological polar surface area (TPSA) is 76.1 Å². The van der Waals surface area contributed by atoms with Crippen molar-refractivity contribution in [2.45, 2.75) is 19.4 Å². The molecule has 0 aliphatic carbocycles. The number of fused-ring (bicyclic) bond motifs is 1. The van der Waals surface area contributed by atoms with Gasteiger partial charge >= 0.3 is 5.97 Å². The number of aliphatic carboxylic acids is 1. The third-order valence-electron chi connectivity index (χ3n) is 3.23. The Morgan fingerprint density at radius 1 is 1.55 bits per heavy atom. The van der Waals surface area contributed by atoms with Crippen LogP contribution >= 0.6 is 0 Å². The first-order valence-electron chi connectivity index (χ1n) is 6.38. The SMILES string of the molecule is CC1COc2c(OCCC(=O)O)cccc2C(=O)N1C. The normalized spacial score (nSPS) is 18.0. The minimum Gasteiger partial charge on any atom is -0.489 e. The number of carbonyl (C=O) groups is 2. The second-order valence-electron chi connectivity index (χ2n) is 4.70. The van der Waals surface area contributed by atoms with Gasteiger partial charge in [0.05, 0.1) is 24.6 Å². The fourth-order valence-corrected chi connectivity index (χ4v) is 1.90. The van der Waals surface area contributed by atoms with Crippen molar-refractivity contribution in [1.29, 1.82) is 0 Å². The van der Waals surface area contributed by atoms with Crippen molar-refractivity contribution < 1.29 is 24.2 Å². The van der Waals surface area contributed by atoms with Gasteiger partial charge in [-0.3, -0.25) is 9.59 Å². The Hall–Kier alpha value is -2.24. The van der Waals surface area contributed by atoms with Crippen molar-refractivity contribution in [2.75, 3.05) is 20.3 Å². The maximum Gasteiger partial charge on any atom is 0.306 e. The Kier molecular flexibility index (Phi) is 4.12. The highest BCUT2D eigenvalue weighted by atomic mass is 16.5. The van der Waals surface area contributed by atoms with E-state index < -0.39 is 5.97 Å². The molecule has 0 fully saturated rings. The van der Waals surface area contributed by atoms with Gasteiger partial charge < -0.3 is 19.5 Å². The molecule has 1 unspecified atom stereocenters. The number of amides is 1. The van der Waals surface area contributed by atoms with Gasteiger partial charge in [0, 0.05) is 7.05 Å². The van der Waals surface area contributed by atoms with Crippen LogP contribution in [-0.2, 0) is 4.79 Å². The van der Waals surface area contributed by atoms with Crippen LogP contribution in [0.4, 0.5) is 0 Å². The Morgan fingerprint density at radius 3 is 3.00 bits per heavy atom. The van der Waals surface area contributed by atoms with E-state index in [4.69, 9.17) is 14.6 Å². The minimum atomic E-state index is -0.933. The van der Waals surface area contributed by atoms with Crippen molar-refractivity contribution in [2.24, 2.45) is 0 Å². The Morgan fingerprint density at radius 2 is 2.30 bits per heavy atom.